The fourth-order valence-corrected chi connectivity index (χ4v) is 2.32. The third-order valence-electron chi connectivity index (χ3n) is 3.39. The number of carbonyl (C=O) groups is 3. The van der Waals surface area contributed by atoms with Gasteiger partial charge >= 0.3 is 11.9 Å². The maximum Gasteiger partial charge on any atom is 0.305 e. The van der Waals surface area contributed by atoms with Crippen LogP contribution in [0.1, 0.15) is 45.4 Å². The second-order valence-corrected chi connectivity index (χ2v) is 4.97. The molecule has 20 heavy (non-hydrogen) atoms. The van der Waals surface area contributed by atoms with Crippen molar-refractivity contribution in [3.05, 3.63) is 12.2 Å². The molecule has 0 aromatic rings. The Balaban J connectivity index is 2.18. The quantitative estimate of drug-likeness (QED) is 0.504. The Morgan fingerprint density at radius 2 is 1.90 bits per heavy atom. The molecule has 0 spiro atoms. The monoisotopic (exact) mass is 282 g/mol. The molecule has 0 bridgehead atoms. The predicted octanol–water partition coefficient (Wildman–Crippen LogP) is 2.19. The fraction of sp³-hybridized carbons (Fsp3) is 0.667. The maximum absolute atomic E-state index is 11.7. The summed E-state index contributed by atoms with van der Waals surface area (Å²) in [5.74, 6) is -0.752. The van der Waals surface area contributed by atoms with Gasteiger partial charge < -0.3 is 9.47 Å². The number of esters is 2. The van der Waals surface area contributed by atoms with Crippen molar-refractivity contribution in [3.8, 4) is 0 Å². The van der Waals surface area contributed by atoms with Gasteiger partial charge in [0, 0.05) is 13.3 Å². The average Bonchev–Trinajstić information content (AvgIpc) is 2.74. The molecule has 2 unspecified atom stereocenters. The minimum Gasteiger partial charge on any atom is -0.469 e. The highest BCUT2D eigenvalue weighted by Gasteiger charge is 2.31. The largest absolute Gasteiger partial charge is 0.469 e. The van der Waals surface area contributed by atoms with Gasteiger partial charge in [-0.25, -0.2) is 0 Å². The van der Waals surface area contributed by atoms with Gasteiger partial charge in [0.1, 0.15) is 6.10 Å². The summed E-state index contributed by atoms with van der Waals surface area (Å²) in [5.41, 5.74) is 0. The summed E-state index contributed by atoms with van der Waals surface area (Å²) in [6, 6.07) is 0. The van der Waals surface area contributed by atoms with Crippen molar-refractivity contribution in [2.75, 3.05) is 7.11 Å². The SMILES string of the molecule is COC(=O)CCCCCCC1C(=O)C=CC1OC(C)=O. The Labute approximate surface area is 119 Å². The lowest BCUT2D eigenvalue weighted by Crippen LogP contribution is -2.25. The summed E-state index contributed by atoms with van der Waals surface area (Å²) in [7, 11) is 1.39. The summed E-state index contributed by atoms with van der Waals surface area (Å²) in [4.78, 5) is 33.5. The predicted molar refractivity (Wildman–Crippen MR) is 72.9 cm³/mol. The summed E-state index contributed by atoms with van der Waals surface area (Å²) in [5, 5.41) is 0. The molecular weight excluding hydrogens is 260 g/mol. The Morgan fingerprint density at radius 1 is 1.20 bits per heavy atom. The smallest absolute Gasteiger partial charge is 0.305 e. The lowest BCUT2D eigenvalue weighted by Gasteiger charge is -2.17. The normalized spacial score (nSPS) is 21.0. The molecule has 1 aliphatic carbocycles. The summed E-state index contributed by atoms with van der Waals surface area (Å²) in [6.45, 7) is 1.35. The number of methoxy groups -OCH3 is 1. The molecule has 5 nitrogen and oxygen atoms in total. The van der Waals surface area contributed by atoms with Crippen LogP contribution in [-0.4, -0.2) is 30.9 Å². The van der Waals surface area contributed by atoms with Crippen LogP contribution in [0.2, 0.25) is 0 Å². The number of ether oxygens (including phenoxy) is 2. The van der Waals surface area contributed by atoms with Gasteiger partial charge in [0.2, 0.25) is 0 Å². The van der Waals surface area contributed by atoms with E-state index in [1.54, 1.807) is 6.08 Å². The number of unbranched alkanes of at least 4 members (excludes halogenated alkanes) is 3. The fourth-order valence-electron chi connectivity index (χ4n) is 2.32. The number of hydrogen-bond donors (Lipinski definition) is 0. The van der Waals surface area contributed by atoms with E-state index in [1.165, 1.54) is 20.1 Å². The number of ketones is 1. The van der Waals surface area contributed by atoms with E-state index >= 15 is 0 Å². The van der Waals surface area contributed by atoms with Crippen LogP contribution in [0.3, 0.4) is 0 Å². The van der Waals surface area contributed by atoms with E-state index in [9.17, 15) is 14.4 Å². The van der Waals surface area contributed by atoms with E-state index in [-0.39, 0.29) is 23.6 Å². The molecule has 0 saturated carbocycles. The number of allylic oxidation sites excluding steroid dienone is 1. The summed E-state index contributed by atoms with van der Waals surface area (Å²) in [6.07, 6.45) is 7.47. The van der Waals surface area contributed by atoms with Crippen LogP contribution >= 0.6 is 0 Å². The minimum absolute atomic E-state index is 0.0332. The third-order valence-corrected chi connectivity index (χ3v) is 3.39. The molecule has 0 fully saturated rings. The van der Waals surface area contributed by atoms with Crippen LogP contribution in [0.4, 0.5) is 0 Å². The first-order valence-electron chi connectivity index (χ1n) is 7.00. The van der Waals surface area contributed by atoms with Gasteiger partial charge in [-0.05, 0) is 25.0 Å². The molecule has 0 aromatic carbocycles. The maximum atomic E-state index is 11.7. The van der Waals surface area contributed by atoms with Gasteiger partial charge in [0.25, 0.3) is 0 Å². The Kier molecular flexibility index (Phi) is 6.98. The molecular formula is C15H22O5. The zero-order chi connectivity index (χ0) is 15.0. The van der Waals surface area contributed by atoms with Crippen LogP contribution in [0.15, 0.2) is 12.2 Å². The van der Waals surface area contributed by atoms with Crippen LogP contribution in [0.5, 0.6) is 0 Å². The van der Waals surface area contributed by atoms with E-state index in [2.05, 4.69) is 4.74 Å². The Morgan fingerprint density at radius 3 is 2.55 bits per heavy atom. The van der Waals surface area contributed by atoms with E-state index in [0.717, 1.165) is 25.7 Å². The van der Waals surface area contributed by atoms with E-state index in [4.69, 9.17) is 4.74 Å². The van der Waals surface area contributed by atoms with E-state index < -0.39 is 6.10 Å². The van der Waals surface area contributed by atoms with Gasteiger partial charge in [0.05, 0.1) is 13.0 Å². The molecule has 0 heterocycles. The van der Waals surface area contributed by atoms with Crippen LogP contribution in [0.25, 0.3) is 0 Å². The summed E-state index contributed by atoms with van der Waals surface area (Å²) < 4.78 is 9.67. The van der Waals surface area contributed by atoms with Crippen molar-refractivity contribution < 1.29 is 23.9 Å². The van der Waals surface area contributed by atoms with Crippen LogP contribution in [-0.2, 0) is 23.9 Å². The van der Waals surface area contributed by atoms with Crippen LogP contribution in [0, 0.1) is 5.92 Å². The Bertz CT molecular complexity index is 386. The van der Waals surface area contributed by atoms with Gasteiger partial charge in [-0.15, -0.1) is 0 Å². The highest BCUT2D eigenvalue weighted by atomic mass is 16.5. The van der Waals surface area contributed by atoms with Crippen LogP contribution < -0.4 is 0 Å². The van der Waals surface area contributed by atoms with Crippen molar-refractivity contribution >= 4 is 17.7 Å². The standard InChI is InChI=1S/C15H22O5/c1-11(16)20-14-10-9-13(17)12(14)7-5-3-4-6-8-15(18)19-2/h9-10,12,14H,3-8H2,1-2H3. The van der Waals surface area contributed by atoms with Crippen molar-refractivity contribution in [3.63, 3.8) is 0 Å². The molecule has 0 radical (unpaired) electrons. The molecule has 0 N–H and O–H groups in total. The van der Waals surface area contributed by atoms with Crippen molar-refractivity contribution in [1.29, 1.82) is 0 Å². The van der Waals surface area contributed by atoms with Crippen molar-refractivity contribution in [2.24, 2.45) is 5.92 Å². The number of hydrogen-bond acceptors (Lipinski definition) is 5. The minimum atomic E-state index is -0.407. The summed E-state index contributed by atoms with van der Waals surface area (Å²) >= 11 is 0. The molecule has 0 aliphatic heterocycles. The lowest BCUT2D eigenvalue weighted by atomic mass is 9.95. The highest BCUT2D eigenvalue weighted by molar-refractivity contribution is 5.95. The molecule has 0 amide bonds. The topological polar surface area (TPSA) is 69.7 Å². The molecule has 1 rings (SSSR count). The highest BCUT2D eigenvalue weighted by Crippen LogP contribution is 2.24. The van der Waals surface area contributed by atoms with Gasteiger partial charge in [-0.3, -0.25) is 14.4 Å². The molecule has 2 atom stereocenters. The number of carbonyl (C=O) groups excluding carboxylic acids is 3. The second kappa shape index (κ2) is 8.51. The molecule has 0 saturated heterocycles. The van der Waals surface area contributed by atoms with Crippen molar-refractivity contribution in [2.45, 2.75) is 51.6 Å². The first kappa shape index (κ1) is 16.4. The van der Waals surface area contributed by atoms with E-state index in [1.807, 2.05) is 0 Å². The van der Waals surface area contributed by atoms with Gasteiger partial charge in [0.15, 0.2) is 5.78 Å². The number of rotatable bonds is 8. The van der Waals surface area contributed by atoms with E-state index in [0.29, 0.717) is 12.8 Å². The first-order chi connectivity index (χ1) is 9.54. The zero-order valence-corrected chi connectivity index (χ0v) is 12.1. The Hall–Kier alpha value is -1.65. The molecule has 1 aliphatic rings. The zero-order valence-electron chi connectivity index (χ0n) is 12.1. The van der Waals surface area contributed by atoms with Gasteiger partial charge in [-0.1, -0.05) is 19.3 Å². The van der Waals surface area contributed by atoms with Crippen molar-refractivity contribution in [1.82, 2.24) is 0 Å². The third kappa shape index (κ3) is 5.55. The van der Waals surface area contributed by atoms with Gasteiger partial charge in [-0.2, -0.15) is 0 Å². The first-order valence-corrected chi connectivity index (χ1v) is 7.00. The molecule has 112 valence electrons. The second-order valence-electron chi connectivity index (χ2n) is 4.97. The average molecular weight is 282 g/mol. The lowest BCUT2D eigenvalue weighted by molar-refractivity contribution is -0.147. The molecule has 0 aromatic heterocycles. The molecule has 5 heteroatoms.